The normalized spacial score (nSPS) is 11.9. The summed E-state index contributed by atoms with van der Waals surface area (Å²) in [6.07, 6.45) is 2.37. The van der Waals surface area contributed by atoms with Gasteiger partial charge in [-0.05, 0) is 68.8 Å². The van der Waals surface area contributed by atoms with E-state index >= 15 is 0 Å². The van der Waals surface area contributed by atoms with Crippen LogP contribution < -0.4 is 9.47 Å². The molecule has 0 fully saturated rings. The number of aromatic nitrogens is 2. The molecule has 0 atom stereocenters. The van der Waals surface area contributed by atoms with Crippen molar-refractivity contribution in [3.8, 4) is 11.5 Å². The second-order valence-corrected chi connectivity index (χ2v) is 11.1. The van der Waals surface area contributed by atoms with Crippen LogP contribution in [0.1, 0.15) is 36.1 Å². The summed E-state index contributed by atoms with van der Waals surface area (Å²) >= 11 is 0. The first-order valence-electron chi connectivity index (χ1n) is 12.3. The van der Waals surface area contributed by atoms with Crippen LogP contribution in [0.5, 0.6) is 11.5 Å². The number of nitrogens with zero attached hydrogens (tertiary/aromatic N) is 4. The Labute approximate surface area is 220 Å². The van der Waals surface area contributed by atoms with Crippen LogP contribution in [0.15, 0.2) is 59.6 Å². The highest BCUT2D eigenvalue weighted by Crippen LogP contribution is 2.24. The fourth-order valence-corrected chi connectivity index (χ4v) is 5.37. The summed E-state index contributed by atoms with van der Waals surface area (Å²) in [6.45, 7) is 1.68. The van der Waals surface area contributed by atoms with E-state index in [9.17, 15) is 8.42 Å². The van der Waals surface area contributed by atoms with E-state index in [2.05, 4.69) is 5.10 Å². The Morgan fingerprint density at radius 3 is 1.84 bits per heavy atom. The average Bonchev–Trinajstić information content (AvgIpc) is 3.29. The van der Waals surface area contributed by atoms with Crippen molar-refractivity contribution in [1.29, 1.82) is 0 Å². The molecular weight excluding hydrogens is 492 g/mol. The van der Waals surface area contributed by atoms with Gasteiger partial charge in [0.25, 0.3) is 10.0 Å². The summed E-state index contributed by atoms with van der Waals surface area (Å²) in [7, 11) is 3.16. The standard InChI is InChI=1S/C27H38N4O5S/c1-29(2)21-24-18-27(28-31(24)16-6-5-7-17-32)37(33,34)30(19-22-8-12-25(35-3)13-9-22)20-23-10-14-26(36-4)15-11-23/h8-15,18,32H,5-7,16-17,19-21H2,1-4H3. The SMILES string of the molecule is COc1ccc(CN(Cc2ccc(OC)cc2)S(=O)(=O)c2cc(CN(C)C)n(CCCCCO)n2)cc1. The van der Waals surface area contributed by atoms with Gasteiger partial charge in [0.05, 0.1) is 19.9 Å². The predicted molar refractivity (Wildman–Crippen MR) is 143 cm³/mol. The Kier molecular flexibility index (Phi) is 10.5. The molecular formula is C27H38N4O5S. The van der Waals surface area contributed by atoms with Crippen LogP contribution in [-0.2, 0) is 36.2 Å². The average molecular weight is 531 g/mol. The van der Waals surface area contributed by atoms with Crippen LogP contribution in [0.25, 0.3) is 0 Å². The molecule has 0 bridgehead atoms. The summed E-state index contributed by atoms with van der Waals surface area (Å²) < 4.78 is 41.7. The van der Waals surface area contributed by atoms with Crippen LogP contribution >= 0.6 is 0 Å². The summed E-state index contributed by atoms with van der Waals surface area (Å²) in [5, 5.41) is 13.7. The number of unbranched alkanes of at least 4 members (excludes halogenated alkanes) is 2. The second kappa shape index (κ2) is 13.6. The molecule has 0 radical (unpaired) electrons. The summed E-state index contributed by atoms with van der Waals surface area (Å²) in [5.74, 6) is 1.42. The highest BCUT2D eigenvalue weighted by molar-refractivity contribution is 7.89. The smallest absolute Gasteiger partial charge is 0.263 e. The molecule has 3 aromatic rings. The molecule has 1 N–H and O–H groups in total. The molecule has 1 aromatic heterocycles. The minimum atomic E-state index is -3.92. The monoisotopic (exact) mass is 530 g/mol. The number of rotatable bonds is 15. The number of benzene rings is 2. The molecule has 0 aliphatic heterocycles. The Morgan fingerprint density at radius 2 is 1.38 bits per heavy atom. The van der Waals surface area contributed by atoms with Crippen molar-refractivity contribution < 1.29 is 23.0 Å². The highest BCUT2D eigenvalue weighted by Gasteiger charge is 2.29. The van der Waals surface area contributed by atoms with E-state index < -0.39 is 10.0 Å². The third-order valence-corrected chi connectivity index (χ3v) is 7.65. The Balaban J connectivity index is 1.94. The molecule has 10 heteroatoms. The number of aryl methyl sites for hydroxylation is 1. The van der Waals surface area contributed by atoms with Gasteiger partial charge in [0, 0.05) is 38.9 Å². The predicted octanol–water partition coefficient (Wildman–Crippen LogP) is 3.52. The van der Waals surface area contributed by atoms with Gasteiger partial charge in [-0.2, -0.15) is 9.40 Å². The van der Waals surface area contributed by atoms with Crippen LogP contribution in [0.2, 0.25) is 0 Å². The lowest BCUT2D eigenvalue weighted by Gasteiger charge is -2.21. The van der Waals surface area contributed by atoms with Crippen LogP contribution in [0.4, 0.5) is 0 Å². The zero-order valence-electron chi connectivity index (χ0n) is 22.1. The van der Waals surface area contributed by atoms with Gasteiger partial charge in [-0.3, -0.25) is 4.68 Å². The van der Waals surface area contributed by atoms with E-state index in [1.165, 1.54) is 4.31 Å². The van der Waals surface area contributed by atoms with Crippen LogP contribution in [0, 0.1) is 0 Å². The third kappa shape index (κ3) is 8.03. The van der Waals surface area contributed by atoms with Crippen LogP contribution in [-0.4, -0.2) is 67.4 Å². The number of methoxy groups -OCH3 is 2. The van der Waals surface area contributed by atoms with E-state index in [1.54, 1.807) is 25.0 Å². The maximum atomic E-state index is 14.0. The molecule has 0 aliphatic carbocycles. The fraction of sp³-hybridized carbons (Fsp3) is 0.444. The third-order valence-electron chi connectivity index (χ3n) is 5.99. The van der Waals surface area contributed by atoms with Gasteiger partial charge < -0.3 is 19.5 Å². The van der Waals surface area contributed by atoms with Gasteiger partial charge in [0.1, 0.15) is 11.5 Å². The zero-order chi connectivity index (χ0) is 26.8. The first-order chi connectivity index (χ1) is 17.8. The summed E-state index contributed by atoms with van der Waals surface area (Å²) in [6, 6.07) is 16.4. The van der Waals surface area contributed by atoms with Gasteiger partial charge in [0.2, 0.25) is 0 Å². The van der Waals surface area contributed by atoms with E-state index in [0.29, 0.717) is 31.0 Å². The fourth-order valence-electron chi connectivity index (χ4n) is 3.98. The van der Waals surface area contributed by atoms with Gasteiger partial charge in [-0.1, -0.05) is 24.3 Å². The quantitative estimate of drug-likeness (QED) is 0.300. The van der Waals surface area contributed by atoms with E-state index in [4.69, 9.17) is 14.6 Å². The number of ether oxygens (including phenoxy) is 2. The van der Waals surface area contributed by atoms with E-state index in [1.807, 2.05) is 67.5 Å². The van der Waals surface area contributed by atoms with Crippen molar-refractivity contribution >= 4 is 10.0 Å². The topological polar surface area (TPSA) is 97.1 Å². The minimum Gasteiger partial charge on any atom is -0.497 e. The molecule has 1 heterocycles. The van der Waals surface area contributed by atoms with Crippen molar-refractivity contribution in [3.05, 3.63) is 71.4 Å². The molecule has 3 rings (SSSR count). The minimum absolute atomic E-state index is 0.0357. The number of aliphatic hydroxyl groups is 1. The Hall–Kier alpha value is -2.92. The van der Waals surface area contributed by atoms with Crippen LogP contribution in [0.3, 0.4) is 0 Å². The molecule has 37 heavy (non-hydrogen) atoms. The van der Waals surface area contributed by atoms with Gasteiger partial charge in [0.15, 0.2) is 5.03 Å². The first kappa shape index (κ1) is 28.6. The van der Waals surface area contributed by atoms with Crippen molar-refractivity contribution in [2.24, 2.45) is 0 Å². The van der Waals surface area contributed by atoms with Gasteiger partial charge >= 0.3 is 0 Å². The lowest BCUT2D eigenvalue weighted by molar-refractivity contribution is 0.281. The molecule has 0 unspecified atom stereocenters. The largest absolute Gasteiger partial charge is 0.497 e. The zero-order valence-corrected chi connectivity index (χ0v) is 22.9. The van der Waals surface area contributed by atoms with Crippen molar-refractivity contribution in [2.75, 3.05) is 34.9 Å². The highest BCUT2D eigenvalue weighted by atomic mass is 32.2. The lowest BCUT2D eigenvalue weighted by atomic mass is 10.2. The molecule has 9 nitrogen and oxygen atoms in total. The summed E-state index contributed by atoms with van der Waals surface area (Å²) in [5.41, 5.74) is 2.52. The molecule has 0 spiro atoms. The molecule has 0 amide bonds. The lowest BCUT2D eigenvalue weighted by Crippen LogP contribution is -2.30. The summed E-state index contributed by atoms with van der Waals surface area (Å²) in [4.78, 5) is 1.99. The Bertz CT molecular complexity index is 1160. The molecule has 202 valence electrons. The second-order valence-electron chi connectivity index (χ2n) is 9.19. The van der Waals surface area contributed by atoms with E-state index in [-0.39, 0.29) is 24.7 Å². The first-order valence-corrected chi connectivity index (χ1v) is 13.8. The number of hydrogen-bond donors (Lipinski definition) is 1. The van der Waals surface area contributed by atoms with Crippen molar-refractivity contribution in [1.82, 2.24) is 19.0 Å². The van der Waals surface area contributed by atoms with Gasteiger partial charge in [-0.25, -0.2) is 8.42 Å². The molecule has 0 saturated heterocycles. The number of aliphatic hydroxyl groups excluding tert-OH is 1. The molecule has 2 aromatic carbocycles. The number of hydrogen-bond acceptors (Lipinski definition) is 7. The Morgan fingerprint density at radius 1 is 0.838 bits per heavy atom. The molecule has 0 saturated carbocycles. The maximum Gasteiger partial charge on any atom is 0.263 e. The van der Waals surface area contributed by atoms with Crippen molar-refractivity contribution in [3.63, 3.8) is 0 Å². The van der Waals surface area contributed by atoms with Gasteiger partial charge in [-0.15, -0.1) is 0 Å². The maximum absolute atomic E-state index is 14.0. The van der Waals surface area contributed by atoms with E-state index in [0.717, 1.165) is 29.7 Å². The van der Waals surface area contributed by atoms with Crippen molar-refractivity contribution in [2.45, 2.75) is 50.5 Å². The molecule has 0 aliphatic rings. The number of sulfonamides is 1.